The highest BCUT2D eigenvalue weighted by Gasteiger charge is 2.23. The van der Waals surface area contributed by atoms with Crippen molar-refractivity contribution in [1.29, 1.82) is 0 Å². The molecule has 0 aliphatic rings. The smallest absolute Gasteiger partial charge is 0.315 e. The molecule has 0 spiro atoms. The molecule has 144 valence electrons. The number of amides is 2. The van der Waals surface area contributed by atoms with Crippen LogP contribution in [0.5, 0.6) is 0 Å². The Bertz CT molecular complexity index is 908. The molecule has 0 aromatic heterocycles. The van der Waals surface area contributed by atoms with Gasteiger partial charge < -0.3 is 15.7 Å². The van der Waals surface area contributed by atoms with Crippen LogP contribution in [-0.2, 0) is 12.1 Å². The van der Waals surface area contributed by atoms with E-state index in [1.54, 1.807) is 19.1 Å². The van der Waals surface area contributed by atoms with Gasteiger partial charge in [-0.2, -0.15) is 0 Å². The van der Waals surface area contributed by atoms with E-state index in [1.807, 2.05) is 66.7 Å². The minimum atomic E-state index is -1.17. The van der Waals surface area contributed by atoms with Crippen molar-refractivity contribution in [1.82, 2.24) is 10.6 Å². The van der Waals surface area contributed by atoms with Crippen molar-refractivity contribution in [3.63, 3.8) is 0 Å². The minimum Gasteiger partial charge on any atom is -0.384 e. The van der Waals surface area contributed by atoms with Crippen LogP contribution in [0, 0.1) is 0 Å². The number of hydrogen-bond acceptors (Lipinski definition) is 2. The molecule has 4 nitrogen and oxygen atoms in total. The quantitative estimate of drug-likeness (QED) is 0.566. The van der Waals surface area contributed by atoms with Crippen LogP contribution in [0.2, 0.25) is 5.02 Å². The number of benzene rings is 3. The number of nitrogens with one attached hydrogen (secondary N) is 2. The second-order valence-corrected chi connectivity index (χ2v) is 7.32. The molecule has 3 aromatic carbocycles. The third-order valence-electron chi connectivity index (χ3n) is 4.57. The molecule has 0 saturated carbocycles. The number of carbonyl (C=O) groups is 1. The van der Waals surface area contributed by atoms with E-state index < -0.39 is 5.60 Å². The molecule has 0 fully saturated rings. The zero-order chi connectivity index (χ0) is 20.0. The van der Waals surface area contributed by atoms with E-state index in [-0.39, 0.29) is 12.6 Å². The SMILES string of the molecule is CC(O)(CNC(=O)NCc1ccc(Cl)cc1)c1ccc(-c2ccccc2)cc1. The standard InChI is InChI=1S/C23H23ClN2O2/c1-23(28,16-26-22(27)25-15-17-7-13-21(24)14-8-17)20-11-9-19(10-12-20)18-5-3-2-4-6-18/h2-14,28H,15-16H2,1H3,(H2,25,26,27). The highest BCUT2D eigenvalue weighted by molar-refractivity contribution is 6.30. The van der Waals surface area contributed by atoms with Gasteiger partial charge in [-0.25, -0.2) is 4.79 Å². The molecule has 3 N–H and O–H groups in total. The molecular weight excluding hydrogens is 372 g/mol. The third-order valence-corrected chi connectivity index (χ3v) is 4.83. The molecule has 0 heterocycles. The van der Waals surface area contributed by atoms with E-state index in [4.69, 9.17) is 11.6 Å². The normalized spacial score (nSPS) is 12.8. The average molecular weight is 395 g/mol. The van der Waals surface area contributed by atoms with E-state index in [9.17, 15) is 9.90 Å². The molecular formula is C23H23ClN2O2. The van der Waals surface area contributed by atoms with Crippen LogP contribution in [0.3, 0.4) is 0 Å². The molecule has 0 aliphatic carbocycles. The summed E-state index contributed by atoms with van der Waals surface area (Å²) in [5.74, 6) is 0. The fourth-order valence-electron chi connectivity index (χ4n) is 2.85. The molecule has 3 rings (SSSR count). The van der Waals surface area contributed by atoms with Gasteiger partial charge in [0.2, 0.25) is 0 Å². The van der Waals surface area contributed by atoms with Crippen molar-refractivity contribution in [3.05, 3.63) is 95.0 Å². The molecule has 28 heavy (non-hydrogen) atoms. The van der Waals surface area contributed by atoms with E-state index in [0.29, 0.717) is 11.6 Å². The van der Waals surface area contributed by atoms with Gasteiger partial charge in [0.15, 0.2) is 0 Å². The summed E-state index contributed by atoms with van der Waals surface area (Å²) in [4.78, 5) is 12.0. The van der Waals surface area contributed by atoms with E-state index in [0.717, 1.165) is 22.3 Å². The Kier molecular flexibility index (Phi) is 6.34. The zero-order valence-corrected chi connectivity index (χ0v) is 16.4. The molecule has 1 unspecified atom stereocenters. The topological polar surface area (TPSA) is 61.4 Å². The summed E-state index contributed by atoms with van der Waals surface area (Å²) in [5.41, 5.74) is 2.71. The zero-order valence-electron chi connectivity index (χ0n) is 15.7. The van der Waals surface area contributed by atoms with Gasteiger partial charge in [0.05, 0.1) is 6.54 Å². The first-order valence-electron chi connectivity index (χ1n) is 9.08. The van der Waals surface area contributed by atoms with Crippen LogP contribution in [-0.4, -0.2) is 17.7 Å². The van der Waals surface area contributed by atoms with Crippen molar-refractivity contribution in [2.24, 2.45) is 0 Å². The van der Waals surface area contributed by atoms with Crippen molar-refractivity contribution in [2.45, 2.75) is 19.1 Å². The Morgan fingerprint density at radius 2 is 1.50 bits per heavy atom. The summed E-state index contributed by atoms with van der Waals surface area (Å²) in [7, 11) is 0. The first-order valence-corrected chi connectivity index (χ1v) is 9.46. The third kappa shape index (κ3) is 5.35. The lowest BCUT2D eigenvalue weighted by atomic mass is 9.94. The summed E-state index contributed by atoms with van der Waals surface area (Å²) in [6.45, 7) is 2.17. The summed E-state index contributed by atoms with van der Waals surface area (Å²) >= 11 is 5.85. The highest BCUT2D eigenvalue weighted by Crippen LogP contribution is 2.24. The van der Waals surface area contributed by atoms with E-state index in [1.165, 1.54) is 0 Å². The molecule has 0 aliphatic heterocycles. The molecule has 1 atom stereocenters. The molecule has 5 heteroatoms. The molecule has 2 amide bonds. The van der Waals surface area contributed by atoms with E-state index in [2.05, 4.69) is 10.6 Å². The number of hydrogen-bond donors (Lipinski definition) is 3. The van der Waals surface area contributed by atoms with Crippen LogP contribution in [0.1, 0.15) is 18.1 Å². The van der Waals surface area contributed by atoms with Crippen molar-refractivity contribution < 1.29 is 9.90 Å². The van der Waals surface area contributed by atoms with Crippen LogP contribution < -0.4 is 10.6 Å². The van der Waals surface area contributed by atoms with Gasteiger partial charge in [0.25, 0.3) is 0 Å². The van der Waals surface area contributed by atoms with Gasteiger partial charge in [0.1, 0.15) is 5.60 Å². The second kappa shape index (κ2) is 8.91. The number of rotatable bonds is 6. The van der Waals surface area contributed by atoms with Gasteiger partial charge in [-0.15, -0.1) is 0 Å². The number of urea groups is 1. The van der Waals surface area contributed by atoms with Crippen molar-refractivity contribution in [2.75, 3.05) is 6.54 Å². The van der Waals surface area contributed by atoms with Crippen LogP contribution in [0.4, 0.5) is 4.79 Å². The Hall–Kier alpha value is -2.82. The first kappa shape index (κ1) is 19.9. The summed E-state index contributed by atoms with van der Waals surface area (Å²) in [5, 5.41) is 16.9. The summed E-state index contributed by atoms with van der Waals surface area (Å²) < 4.78 is 0. The van der Waals surface area contributed by atoms with Crippen LogP contribution >= 0.6 is 11.6 Å². The fourth-order valence-corrected chi connectivity index (χ4v) is 2.98. The van der Waals surface area contributed by atoms with Crippen LogP contribution in [0.15, 0.2) is 78.9 Å². The highest BCUT2D eigenvalue weighted by atomic mass is 35.5. The summed E-state index contributed by atoms with van der Waals surface area (Å²) in [6.07, 6.45) is 0. The maximum absolute atomic E-state index is 12.0. The molecule has 0 bridgehead atoms. The van der Waals surface area contributed by atoms with Gasteiger partial charge >= 0.3 is 6.03 Å². The predicted molar refractivity (Wildman–Crippen MR) is 113 cm³/mol. The largest absolute Gasteiger partial charge is 0.384 e. The molecule has 3 aromatic rings. The summed E-state index contributed by atoms with van der Waals surface area (Å²) in [6, 6.07) is 24.7. The van der Waals surface area contributed by atoms with Gasteiger partial charge in [-0.05, 0) is 41.3 Å². The number of carbonyl (C=O) groups excluding carboxylic acids is 1. The van der Waals surface area contributed by atoms with E-state index >= 15 is 0 Å². The minimum absolute atomic E-state index is 0.101. The molecule has 0 radical (unpaired) electrons. The Morgan fingerprint density at radius 1 is 0.893 bits per heavy atom. The Morgan fingerprint density at radius 3 is 2.14 bits per heavy atom. The lowest BCUT2D eigenvalue weighted by Crippen LogP contribution is -2.43. The Balaban J connectivity index is 1.54. The first-order chi connectivity index (χ1) is 13.4. The second-order valence-electron chi connectivity index (χ2n) is 6.88. The average Bonchev–Trinajstić information content (AvgIpc) is 2.73. The molecule has 0 saturated heterocycles. The predicted octanol–water partition coefficient (Wildman–Crippen LogP) is 4.71. The van der Waals surface area contributed by atoms with Crippen molar-refractivity contribution in [3.8, 4) is 11.1 Å². The number of halogens is 1. The monoisotopic (exact) mass is 394 g/mol. The maximum Gasteiger partial charge on any atom is 0.315 e. The van der Waals surface area contributed by atoms with Gasteiger partial charge in [-0.1, -0.05) is 78.3 Å². The lowest BCUT2D eigenvalue weighted by molar-refractivity contribution is 0.0594. The Labute approximate surface area is 170 Å². The van der Waals surface area contributed by atoms with Crippen molar-refractivity contribution >= 4 is 17.6 Å². The van der Waals surface area contributed by atoms with Gasteiger partial charge in [-0.3, -0.25) is 0 Å². The maximum atomic E-state index is 12.0. The number of aliphatic hydroxyl groups is 1. The van der Waals surface area contributed by atoms with Crippen LogP contribution in [0.25, 0.3) is 11.1 Å². The van der Waals surface area contributed by atoms with Gasteiger partial charge in [0, 0.05) is 11.6 Å². The fraction of sp³-hybridized carbons (Fsp3) is 0.174. The lowest BCUT2D eigenvalue weighted by Gasteiger charge is -2.24.